The third-order valence-corrected chi connectivity index (χ3v) is 2.52. The molecule has 0 aliphatic rings. The van der Waals surface area contributed by atoms with E-state index in [2.05, 4.69) is 4.98 Å². The van der Waals surface area contributed by atoms with E-state index in [1.807, 2.05) is 0 Å². The van der Waals surface area contributed by atoms with Gasteiger partial charge in [-0.3, -0.25) is 4.79 Å². The molecule has 0 aliphatic carbocycles. The Morgan fingerprint density at radius 2 is 2.11 bits per heavy atom. The smallest absolute Gasteiger partial charge is 0.346 e. The van der Waals surface area contributed by atoms with Crippen LogP contribution >= 0.6 is 0 Å². The van der Waals surface area contributed by atoms with E-state index in [-0.39, 0.29) is 5.56 Å². The molecule has 0 aromatic carbocycles. The fourth-order valence-corrected chi connectivity index (χ4v) is 1.55. The number of aryl methyl sites for hydroxylation is 1. The summed E-state index contributed by atoms with van der Waals surface area (Å²) in [6, 6.07) is 1.15. The first-order chi connectivity index (χ1) is 8.38. The number of Topliss-reactive ketones (excluding diaryl/α,β-unsaturated/α-hetero) is 1. The summed E-state index contributed by atoms with van der Waals surface area (Å²) in [6.45, 7) is 0.314. The Morgan fingerprint density at radius 3 is 2.67 bits per heavy atom. The second-order valence-corrected chi connectivity index (χ2v) is 3.85. The van der Waals surface area contributed by atoms with Gasteiger partial charge in [-0.05, 0) is 6.07 Å². The van der Waals surface area contributed by atoms with Crippen LogP contribution in [0.5, 0.6) is 0 Å². The van der Waals surface area contributed by atoms with Gasteiger partial charge in [-0.15, -0.1) is 0 Å². The van der Waals surface area contributed by atoms with Gasteiger partial charge in [0.15, 0.2) is 0 Å². The molecule has 0 amide bonds. The molecule has 0 N–H and O–H groups in total. The summed E-state index contributed by atoms with van der Waals surface area (Å²) < 4.78 is 39.9. The average Bonchev–Trinajstić information content (AvgIpc) is 2.87. The lowest BCUT2D eigenvalue weighted by atomic mass is 10.2. The quantitative estimate of drug-likeness (QED) is 0.789. The highest BCUT2D eigenvalue weighted by molar-refractivity contribution is 6.00. The summed E-state index contributed by atoms with van der Waals surface area (Å²) in [5, 5.41) is 0. The van der Waals surface area contributed by atoms with E-state index in [4.69, 9.17) is 0 Å². The molecule has 0 aliphatic heterocycles. The van der Waals surface area contributed by atoms with Crippen LogP contribution in [0.15, 0.2) is 30.9 Å². The Balaban J connectivity index is 2.17. The second-order valence-electron chi connectivity index (χ2n) is 3.85. The van der Waals surface area contributed by atoms with E-state index in [0.29, 0.717) is 12.4 Å². The van der Waals surface area contributed by atoms with Gasteiger partial charge < -0.3 is 9.13 Å². The van der Waals surface area contributed by atoms with Crippen LogP contribution in [0.4, 0.5) is 13.2 Å². The SMILES string of the molecule is Cn1ccnc1Cn1ccc(C(=O)C(F)(F)F)c1. The van der Waals surface area contributed by atoms with Crippen LogP contribution in [0.25, 0.3) is 0 Å². The molecule has 0 atom stereocenters. The number of nitrogens with zero attached hydrogens (tertiary/aromatic N) is 3. The Kier molecular flexibility index (Phi) is 2.98. The first kappa shape index (κ1) is 12.4. The summed E-state index contributed by atoms with van der Waals surface area (Å²) in [5.41, 5.74) is -0.364. The summed E-state index contributed by atoms with van der Waals surface area (Å²) >= 11 is 0. The van der Waals surface area contributed by atoms with Gasteiger partial charge in [-0.1, -0.05) is 0 Å². The van der Waals surface area contributed by atoms with Gasteiger partial charge in [0.25, 0.3) is 5.78 Å². The van der Waals surface area contributed by atoms with Crippen molar-refractivity contribution in [1.82, 2.24) is 14.1 Å². The topological polar surface area (TPSA) is 39.8 Å². The average molecular weight is 257 g/mol. The van der Waals surface area contributed by atoms with Crippen molar-refractivity contribution >= 4 is 5.78 Å². The number of rotatable bonds is 3. The molecule has 4 nitrogen and oxygen atoms in total. The minimum absolute atomic E-state index is 0.314. The summed E-state index contributed by atoms with van der Waals surface area (Å²) in [5.74, 6) is -1.14. The van der Waals surface area contributed by atoms with Crippen molar-refractivity contribution in [1.29, 1.82) is 0 Å². The molecule has 0 unspecified atom stereocenters. The predicted molar refractivity (Wildman–Crippen MR) is 57.1 cm³/mol. The standard InChI is InChI=1S/C11H10F3N3O/c1-16-5-3-15-9(16)7-17-4-2-8(6-17)10(18)11(12,13)14/h2-6H,7H2,1H3. The molecule has 0 saturated heterocycles. The number of halogens is 3. The Hall–Kier alpha value is -2.05. The number of aromatic nitrogens is 3. The number of hydrogen-bond donors (Lipinski definition) is 0. The molecular formula is C11H10F3N3O. The van der Waals surface area contributed by atoms with Gasteiger partial charge in [0, 0.05) is 37.4 Å². The van der Waals surface area contributed by atoms with E-state index in [0.717, 1.165) is 6.07 Å². The molecule has 2 rings (SSSR count). The number of ketones is 1. The van der Waals surface area contributed by atoms with Crippen molar-refractivity contribution in [3.05, 3.63) is 42.2 Å². The van der Waals surface area contributed by atoms with Crippen LogP contribution in [-0.4, -0.2) is 26.1 Å². The van der Waals surface area contributed by atoms with Crippen molar-refractivity contribution in [2.45, 2.75) is 12.7 Å². The van der Waals surface area contributed by atoms with Gasteiger partial charge in [0.1, 0.15) is 5.82 Å². The second kappa shape index (κ2) is 4.32. The predicted octanol–water partition coefficient (Wildman–Crippen LogP) is 2.01. The molecule has 0 saturated carbocycles. The Morgan fingerprint density at radius 1 is 1.39 bits per heavy atom. The summed E-state index contributed by atoms with van der Waals surface area (Å²) in [7, 11) is 1.79. The number of hydrogen-bond acceptors (Lipinski definition) is 2. The molecule has 0 radical (unpaired) electrons. The largest absolute Gasteiger partial charge is 0.454 e. The Labute approximate surface area is 101 Å². The molecule has 0 fully saturated rings. The van der Waals surface area contributed by atoms with Crippen LogP contribution in [0.3, 0.4) is 0 Å². The van der Waals surface area contributed by atoms with Gasteiger partial charge in [0.05, 0.1) is 6.54 Å². The fraction of sp³-hybridized carbons (Fsp3) is 0.273. The van der Waals surface area contributed by atoms with Gasteiger partial charge in [0.2, 0.25) is 0 Å². The van der Waals surface area contributed by atoms with E-state index in [1.165, 1.54) is 17.0 Å². The van der Waals surface area contributed by atoms with E-state index >= 15 is 0 Å². The van der Waals surface area contributed by atoms with Gasteiger partial charge in [-0.25, -0.2) is 4.98 Å². The van der Waals surface area contributed by atoms with Crippen molar-refractivity contribution < 1.29 is 18.0 Å². The number of carbonyl (C=O) groups excluding carboxylic acids is 1. The zero-order valence-corrected chi connectivity index (χ0v) is 9.48. The highest BCUT2D eigenvalue weighted by Gasteiger charge is 2.39. The first-order valence-electron chi connectivity index (χ1n) is 5.11. The van der Waals surface area contributed by atoms with Crippen LogP contribution in [-0.2, 0) is 13.6 Å². The molecule has 2 aromatic rings. The highest BCUT2D eigenvalue weighted by Crippen LogP contribution is 2.21. The molecule has 2 heterocycles. The maximum atomic E-state index is 12.2. The minimum Gasteiger partial charge on any atom is -0.346 e. The van der Waals surface area contributed by atoms with E-state index in [1.54, 1.807) is 24.0 Å². The maximum Gasteiger partial charge on any atom is 0.454 e. The zero-order valence-electron chi connectivity index (χ0n) is 9.48. The normalized spacial score (nSPS) is 11.8. The summed E-state index contributed by atoms with van der Waals surface area (Å²) in [6.07, 6.45) is 1.09. The molecule has 0 bridgehead atoms. The summed E-state index contributed by atoms with van der Waals surface area (Å²) in [4.78, 5) is 15.0. The van der Waals surface area contributed by atoms with Crippen LogP contribution in [0, 0.1) is 0 Å². The molecular weight excluding hydrogens is 247 g/mol. The third-order valence-electron chi connectivity index (χ3n) is 2.52. The number of alkyl halides is 3. The number of carbonyl (C=O) groups is 1. The van der Waals surface area contributed by atoms with Gasteiger partial charge >= 0.3 is 6.18 Å². The highest BCUT2D eigenvalue weighted by atomic mass is 19.4. The molecule has 96 valence electrons. The molecule has 0 spiro atoms. The van der Waals surface area contributed by atoms with Crippen LogP contribution in [0.1, 0.15) is 16.2 Å². The fourth-order valence-electron chi connectivity index (χ4n) is 1.55. The number of imidazole rings is 1. The van der Waals surface area contributed by atoms with Crippen molar-refractivity contribution in [2.75, 3.05) is 0 Å². The van der Waals surface area contributed by atoms with Crippen molar-refractivity contribution in [3.8, 4) is 0 Å². The lowest BCUT2D eigenvalue weighted by Crippen LogP contribution is -2.22. The lowest BCUT2D eigenvalue weighted by Gasteiger charge is -2.04. The van der Waals surface area contributed by atoms with Crippen molar-refractivity contribution in [3.63, 3.8) is 0 Å². The monoisotopic (exact) mass is 257 g/mol. The van der Waals surface area contributed by atoms with Crippen molar-refractivity contribution in [2.24, 2.45) is 7.05 Å². The molecule has 2 aromatic heterocycles. The third kappa shape index (κ3) is 2.44. The van der Waals surface area contributed by atoms with Crippen LogP contribution in [0.2, 0.25) is 0 Å². The maximum absolute atomic E-state index is 12.2. The Bertz CT molecular complexity index is 568. The van der Waals surface area contributed by atoms with E-state index < -0.39 is 12.0 Å². The van der Waals surface area contributed by atoms with E-state index in [9.17, 15) is 18.0 Å². The zero-order chi connectivity index (χ0) is 13.3. The molecule has 18 heavy (non-hydrogen) atoms. The van der Waals surface area contributed by atoms with Crippen LogP contribution < -0.4 is 0 Å². The minimum atomic E-state index is -4.84. The molecule has 7 heteroatoms. The van der Waals surface area contributed by atoms with Gasteiger partial charge in [-0.2, -0.15) is 13.2 Å². The first-order valence-corrected chi connectivity index (χ1v) is 5.11. The lowest BCUT2D eigenvalue weighted by molar-refractivity contribution is -0.0885.